The highest BCUT2D eigenvalue weighted by Gasteiger charge is 2.24. The van der Waals surface area contributed by atoms with Gasteiger partial charge in [-0.1, -0.05) is 0 Å². The maximum atomic E-state index is 12.8. The van der Waals surface area contributed by atoms with Crippen LogP contribution in [0.15, 0.2) is 34.9 Å². The van der Waals surface area contributed by atoms with Crippen LogP contribution in [0.25, 0.3) is 11.3 Å². The normalized spacial score (nSPS) is 16.8. The van der Waals surface area contributed by atoms with Crippen LogP contribution in [-0.2, 0) is 6.54 Å². The Morgan fingerprint density at radius 2 is 2.06 bits per heavy atom. The second kappa shape index (κ2) is 4.51. The van der Waals surface area contributed by atoms with E-state index in [2.05, 4.69) is 9.88 Å². The third-order valence-corrected chi connectivity index (χ3v) is 3.03. The highest BCUT2D eigenvalue weighted by molar-refractivity contribution is 5.55. The molecule has 5 heteroatoms. The number of aromatic nitrogens is 1. The third-order valence-electron chi connectivity index (χ3n) is 3.03. The summed E-state index contributed by atoms with van der Waals surface area (Å²) in [5.74, 6) is 1.07. The number of nitrogens with two attached hydrogens (primary N) is 1. The van der Waals surface area contributed by atoms with Crippen molar-refractivity contribution in [3.8, 4) is 11.3 Å². The fourth-order valence-electron chi connectivity index (χ4n) is 2.06. The zero-order valence-corrected chi connectivity index (χ0v) is 9.84. The lowest BCUT2D eigenvalue weighted by molar-refractivity contribution is 0.129. The van der Waals surface area contributed by atoms with Crippen molar-refractivity contribution in [2.24, 2.45) is 5.73 Å². The minimum Gasteiger partial charge on any atom is -0.439 e. The Kier molecular flexibility index (Phi) is 2.85. The standard InChI is InChI=1S/C13H14FN3O/c14-10-3-1-9(2-4-10)12-5-16-13(18-12)8-17-6-11(15)7-17/h1-5,11H,6-8,15H2. The molecular formula is C13H14FN3O. The van der Waals surface area contributed by atoms with Crippen molar-refractivity contribution in [1.29, 1.82) is 0 Å². The molecule has 2 N–H and O–H groups in total. The van der Waals surface area contributed by atoms with E-state index in [4.69, 9.17) is 10.2 Å². The molecule has 1 aromatic carbocycles. The fourth-order valence-corrected chi connectivity index (χ4v) is 2.06. The van der Waals surface area contributed by atoms with Gasteiger partial charge >= 0.3 is 0 Å². The van der Waals surface area contributed by atoms with Gasteiger partial charge in [0, 0.05) is 24.7 Å². The van der Waals surface area contributed by atoms with Gasteiger partial charge in [0.25, 0.3) is 0 Å². The van der Waals surface area contributed by atoms with Crippen LogP contribution < -0.4 is 5.73 Å². The molecule has 1 saturated heterocycles. The highest BCUT2D eigenvalue weighted by atomic mass is 19.1. The van der Waals surface area contributed by atoms with E-state index in [1.165, 1.54) is 12.1 Å². The third kappa shape index (κ3) is 2.27. The number of likely N-dealkylation sites (tertiary alicyclic amines) is 1. The van der Waals surface area contributed by atoms with Crippen LogP contribution in [0.2, 0.25) is 0 Å². The Morgan fingerprint density at radius 1 is 1.33 bits per heavy atom. The molecule has 0 amide bonds. The molecule has 1 aliphatic rings. The molecule has 0 atom stereocenters. The van der Waals surface area contributed by atoms with Gasteiger partial charge in [0.2, 0.25) is 5.89 Å². The van der Waals surface area contributed by atoms with E-state index in [0.29, 0.717) is 18.2 Å². The van der Waals surface area contributed by atoms with Crippen molar-refractivity contribution in [3.05, 3.63) is 42.2 Å². The Balaban J connectivity index is 1.71. The summed E-state index contributed by atoms with van der Waals surface area (Å²) in [5, 5.41) is 0. The van der Waals surface area contributed by atoms with E-state index < -0.39 is 0 Å². The van der Waals surface area contributed by atoms with Crippen LogP contribution in [0, 0.1) is 5.82 Å². The van der Waals surface area contributed by atoms with Crippen molar-refractivity contribution < 1.29 is 8.81 Å². The first-order valence-electron chi connectivity index (χ1n) is 5.89. The lowest BCUT2D eigenvalue weighted by atomic mass is 10.1. The molecule has 2 heterocycles. The average molecular weight is 247 g/mol. The summed E-state index contributed by atoms with van der Waals surface area (Å²) in [6.07, 6.45) is 1.67. The van der Waals surface area contributed by atoms with E-state index in [9.17, 15) is 4.39 Å². The summed E-state index contributed by atoms with van der Waals surface area (Å²) in [7, 11) is 0. The lowest BCUT2D eigenvalue weighted by Crippen LogP contribution is -2.54. The van der Waals surface area contributed by atoms with Crippen LogP contribution in [0.4, 0.5) is 4.39 Å². The minimum absolute atomic E-state index is 0.256. The van der Waals surface area contributed by atoms with Gasteiger partial charge in [-0.2, -0.15) is 0 Å². The number of rotatable bonds is 3. The van der Waals surface area contributed by atoms with Crippen LogP contribution in [0.3, 0.4) is 0 Å². The van der Waals surface area contributed by atoms with Gasteiger partial charge in [0.15, 0.2) is 5.76 Å². The number of nitrogens with zero attached hydrogens (tertiary/aromatic N) is 2. The number of hydrogen-bond acceptors (Lipinski definition) is 4. The molecule has 0 spiro atoms. The molecule has 94 valence electrons. The van der Waals surface area contributed by atoms with Gasteiger partial charge in [-0.15, -0.1) is 0 Å². The predicted molar refractivity (Wildman–Crippen MR) is 65.1 cm³/mol. The van der Waals surface area contributed by atoms with Crippen molar-refractivity contribution >= 4 is 0 Å². The largest absolute Gasteiger partial charge is 0.439 e. The molecule has 0 unspecified atom stereocenters. The molecule has 3 rings (SSSR count). The lowest BCUT2D eigenvalue weighted by Gasteiger charge is -2.35. The topological polar surface area (TPSA) is 55.3 Å². The first kappa shape index (κ1) is 11.4. The molecular weight excluding hydrogens is 233 g/mol. The van der Waals surface area contributed by atoms with Crippen LogP contribution >= 0.6 is 0 Å². The molecule has 1 fully saturated rings. The van der Waals surface area contributed by atoms with E-state index in [1.54, 1.807) is 18.3 Å². The van der Waals surface area contributed by atoms with Gasteiger partial charge in [-0.3, -0.25) is 4.90 Å². The van der Waals surface area contributed by atoms with E-state index in [1.807, 2.05) is 0 Å². The first-order valence-corrected chi connectivity index (χ1v) is 5.89. The zero-order chi connectivity index (χ0) is 12.5. The van der Waals surface area contributed by atoms with Gasteiger partial charge in [-0.25, -0.2) is 9.37 Å². The number of halogens is 1. The Labute approximate surface area is 104 Å². The molecule has 1 aromatic heterocycles. The number of hydrogen-bond donors (Lipinski definition) is 1. The Morgan fingerprint density at radius 3 is 2.72 bits per heavy atom. The molecule has 0 radical (unpaired) electrons. The minimum atomic E-state index is -0.256. The van der Waals surface area contributed by atoms with Crippen molar-refractivity contribution in [2.75, 3.05) is 13.1 Å². The second-order valence-corrected chi connectivity index (χ2v) is 4.58. The number of oxazole rings is 1. The second-order valence-electron chi connectivity index (χ2n) is 4.58. The molecule has 0 aliphatic carbocycles. The van der Waals surface area contributed by atoms with E-state index >= 15 is 0 Å². The smallest absolute Gasteiger partial charge is 0.209 e. The summed E-state index contributed by atoms with van der Waals surface area (Å²) in [6, 6.07) is 6.45. The molecule has 18 heavy (non-hydrogen) atoms. The van der Waals surface area contributed by atoms with Gasteiger partial charge < -0.3 is 10.2 Å². The van der Waals surface area contributed by atoms with Crippen molar-refractivity contribution in [3.63, 3.8) is 0 Å². The Hall–Kier alpha value is -1.72. The quantitative estimate of drug-likeness (QED) is 0.895. The fraction of sp³-hybridized carbons (Fsp3) is 0.308. The highest BCUT2D eigenvalue weighted by Crippen LogP contribution is 2.21. The van der Waals surface area contributed by atoms with Crippen LogP contribution in [0.1, 0.15) is 5.89 Å². The predicted octanol–water partition coefficient (Wildman–Crippen LogP) is 1.62. The summed E-state index contributed by atoms with van der Waals surface area (Å²) < 4.78 is 18.4. The molecule has 0 saturated carbocycles. The molecule has 0 bridgehead atoms. The SMILES string of the molecule is NC1CN(Cc2ncc(-c3ccc(F)cc3)o2)C1. The summed E-state index contributed by atoms with van der Waals surface area (Å²) in [6.45, 7) is 2.44. The zero-order valence-electron chi connectivity index (χ0n) is 9.84. The van der Waals surface area contributed by atoms with Gasteiger partial charge in [-0.05, 0) is 24.3 Å². The van der Waals surface area contributed by atoms with Crippen molar-refractivity contribution in [2.45, 2.75) is 12.6 Å². The maximum absolute atomic E-state index is 12.8. The maximum Gasteiger partial charge on any atom is 0.209 e. The van der Waals surface area contributed by atoms with Gasteiger partial charge in [0.1, 0.15) is 5.82 Å². The molecule has 2 aromatic rings. The Bertz CT molecular complexity index is 531. The van der Waals surface area contributed by atoms with E-state index in [0.717, 1.165) is 18.7 Å². The molecule has 4 nitrogen and oxygen atoms in total. The average Bonchev–Trinajstić information content (AvgIpc) is 2.77. The summed E-state index contributed by atoms with van der Waals surface area (Å²) in [4.78, 5) is 6.39. The van der Waals surface area contributed by atoms with Gasteiger partial charge in [0.05, 0.1) is 12.7 Å². The van der Waals surface area contributed by atoms with Crippen LogP contribution in [0.5, 0.6) is 0 Å². The number of benzene rings is 1. The molecule has 1 aliphatic heterocycles. The first-order chi connectivity index (χ1) is 8.70. The van der Waals surface area contributed by atoms with Crippen LogP contribution in [-0.4, -0.2) is 29.0 Å². The summed E-state index contributed by atoms with van der Waals surface area (Å²) in [5.41, 5.74) is 6.53. The monoisotopic (exact) mass is 247 g/mol. The summed E-state index contributed by atoms with van der Waals surface area (Å²) >= 11 is 0. The van der Waals surface area contributed by atoms with Crippen molar-refractivity contribution in [1.82, 2.24) is 9.88 Å². The van der Waals surface area contributed by atoms with E-state index in [-0.39, 0.29) is 11.9 Å².